The largest absolute Gasteiger partial charge is 2.00 e. The van der Waals surface area contributed by atoms with E-state index in [1.807, 2.05) is 12.3 Å². The molecule has 5 aromatic carbocycles. The number of para-hydroxylation sites is 2. The van der Waals surface area contributed by atoms with Gasteiger partial charge in [-0.3, -0.25) is 0 Å². The van der Waals surface area contributed by atoms with E-state index in [2.05, 4.69) is 178 Å². The zero-order valence-electron chi connectivity index (χ0n) is 32.7. The predicted octanol–water partition coefficient (Wildman–Crippen LogP) is 12.0. The third-order valence-corrected chi connectivity index (χ3v) is 11.1. The minimum absolute atomic E-state index is 0. The fraction of sp³-hybridized carbons (Fsp3) is 0.140. The Bertz CT molecular complexity index is 3140. The Kier molecular flexibility index (Phi) is 8.86. The van der Waals surface area contributed by atoms with E-state index < -0.39 is 0 Å². The number of benzene rings is 5. The normalized spacial score (nSPS) is 11.9. The van der Waals surface area contributed by atoms with Gasteiger partial charge in [-0.25, -0.2) is 9.97 Å². The SMILES string of the molecule is Cc1cc(C)c(-c2c(-c3ccccc3)n[n-]c2-c2ccc3c4ccccc4n(-c4[c-]c5c(cc4)c4ccccc4n5-c4cc(C(C)(C)C)ccn4)c3n2)c(C)c1.[Pt+2]. The number of nitrogens with zero attached hydrogens (tertiary/aromatic N) is 6. The van der Waals surface area contributed by atoms with Gasteiger partial charge in [-0.15, -0.1) is 17.5 Å². The average Bonchev–Trinajstić information content (AvgIpc) is 3.87. The molecule has 0 amide bonds. The Hall–Kier alpha value is -6.10. The molecule has 280 valence electrons. The number of aromatic nitrogens is 6. The van der Waals surface area contributed by atoms with Gasteiger partial charge in [0, 0.05) is 22.5 Å². The number of hydrogen-bond donors (Lipinski definition) is 0. The molecular formula is C50H40N6Pt. The summed E-state index contributed by atoms with van der Waals surface area (Å²) in [6, 6.07) is 48.7. The summed E-state index contributed by atoms with van der Waals surface area (Å²) in [7, 11) is 0. The summed E-state index contributed by atoms with van der Waals surface area (Å²) >= 11 is 0. The summed E-state index contributed by atoms with van der Waals surface area (Å²) in [6.45, 7) is 13.2. The molecule has 0 atom stereocenters. The van der Waals surface area contributed by atoms with Crippen molar-refractivity contribution in [3.63, 3.8) is 0 Å². The van der Waals surface area contributed by atoms with E-state index in [4.69, 9.17) is 20.2 Å². The van der Waals surface area contributed by atoms with Crippen LogP contribution in [0.5, 0.6) is 0 Å². The van der Waals surface area contributed by atoms with Crippen molar-refractivity contribution in [3.8, 4) is 45.3 Å². The molecule has 0 spiro atoms. The van der Waals surface area contributed by atoms with Crippen LogP contribution in [0.4, 0.5) is 0 Å². The maximum Gasteiger partial charge on any atom is 2.00 e. The summed E-state index contributed by atoms with van der Waals surface area (Å²) in [6.07, 6.45) is 1.92. The van der Waals surface area contributed by atoms with Crippen molar-refractivity contribution in [2.24, 2.45) is 0 Å². The molecule has 0 aliphatic heterocycles. The fourth-order valence-corrected chi connectivity index (χ4v) is 8.57. The van der Waals surface area contributed by atoms with E-state index in [0.29, 0.717) is 0 Å². The molecule has 6 nitrogen and oxygen atoms in total. The second-order valence-corrected chi connectivity index (χ2v) is 15.9. The van der Waals surface area contributed by atoms with Crippen LogP contribution in [0.1, 0.15) is 43.0 Å². The van der Waals surface area contributed by atoms with Crippen molar-refractivity contribution in [3.05, 3.63) is 162 Å². The summed E-state index contributed by atoms with van der Waals surface area (Å²) in [5, 5.41) is 14.2. The molecule has 0 aliphatic rings. The number of fused-ring (bicyclic) bond motifs is 6. The van der Waals surface area contributed by atoms with E-state index in [0.717, 1.165) is 89.0 Å². The first-order valence-electron chi connectivity index (χ1n) is 19.2. The number of rotatable bonds is 5. The zero-order valence-corrected chi connectivity index (χ0v) is 35.0. The molecule has 0 saturated carbocycles. The second kappa shape index (κ2) is 13.8. The molecule has 0 saturated heterocycles. The van der Waals surface area contributed by atoms with Gasteiger partial charge >= 0.3 is 21.1 Å². The van der Waals surface area contributed by atoms with Crippen LogP contribution in [0.3, 0.4) is 0 Å². The Labute approximate surface area is 346 Å². The van der Waals surface area contributed by atoms with Crippen molar-refractivity contribution in [2.75, 3.05) is 0 Å². The molecule has 0 fully saturated rings. The van der Waals surface area contributed by atoms with E-state index in [1.54, 1.807) is 0 Å². The average molecular weight is 920 g/mol. The van der Waals surface area contributed by atoms with E-state index in [1.165, 1.54) is 22.3 Å². The molecule has 7 heteroatoms. The van der Waals surface area contributed by atoms with Crippen LogP contribution in [0, 0.1) is 26.8 Å². The third kappa shape index (κ3) is 5.93. The van der Waals surface area contributed by atoms with Crippen molar-refractivity contribution in [1.29, 1.82) is 0 Å². The Morgan fingerprint density at radius 2 is 1.28 bits per heavy atom. The van der Waals surface area contributed by atoms with Crippen molar-refractivity contribution in [1.82, 2.24) is 29.3 Å². The maximum absolute atomic E-state index is 5.49. The quantitative estimate of drug-likeness (QED) is 0.161. The smallest absolute Gasteiger partial charge is 0.573 e. The predicted molar refractivity (Wildman–Crippen MR) is 230 cm³/mol. The molecule has 57 heavy (non-hydrogen) atoms. The monoisotopic (exact) mass is 919 g/mol. The first-order chi connectivity index (χ1) is 27.2. The number of hydrogen-bond acceptors (Lipinski definition) is 3. The molecule has 0 aliphatic carbocycles. The Morgan fingerprint density at radius 3 is 2.00 bits per heavy atom. The second-order valence-electron chi connectivity index (χ2n) is 15.9. The summed E-state index contributed by atoms with van der Waals surface area (Å²) in [5.74, 6) is 0.873. The first kappa shape index (κ1) is 36.5. The Morgan fingerprint density at radius 1 is 0.632 bits per heavy atom. The van der Waals surface area contributed by atoms with Crippen LogP contribution < -0.4 is 5.10 Å². The van der Waals surface area contributed by atoms with Crippen LogP contribution in [-0.2, 0) is 26.5 Å². The topological polar surface area (TPSA) is 62.6 Å². The molecule has 0 bridgehead atoms. The third-order valence-electron chi connectivity index (χ3n) is 11.1. The van der Waals surface area contributed by atoms with Gasteiger partial charge in [0.25, 0.3) is 0 Å². The Balaban J connectivity index is 0.00000422. The molecular weight excluding hydrogens is 880 g/mol. The van der Waals surface area contributed by atoms with Crippen molar-refractivity contribution < 1.29 is 21.1 Å². The van der Waals surface area contributed by atoms with Gasteiger partial charge in [0.1, 0.15) is 11.5 Å². The fourth-order valence-electron chi connectivity index (χ4n) is 8.57. The minimum Gasteiger partial charge on any atom is -0.573 e. The van der Waals surface area contributed by atoms with Crippen LogP contribution in [-0.4, -0.2) is 24.2 Å². The maximum atomic E-state index is 5.49. The first-order valence-corrected chi connectivity index (χ1v) is 19.2. The van der Waals surface area contributed by atoms with Gasteiger partial charge in [-0.05, 0) is 101 Å². The number of pyridine rings is 2. The van der Waals surface area contributed by atoms with Gasteiger partial charge in [0.15, 0.2) is 0 Å². The number of aryl methyl sites for hydroxylation is 3. The van der Waals surface area contributed by atoms with Crippen LogP contribution in [0.2, 0.25) is 0 Å². The van der Waals surface area contributed by atoms with Crippen LogP contribution in [0.25, 0.3) is 89.0 Å². The van der Waals surface area contributed by atoms with Crippen LogP contribution >= 0.6 is 0 Å². The van der Waals surface area contributed by atoms with Crippen molar-refractivity contribution >= 4 is 43.7 Å². The molecule has 0 radical (unpaired) electrons. The van der Waals surface area contributed by atoms with Gasteiger partial charge in [-0.1, -0.05) is 122 Å². The van der Waals surface area contributed by atoms with Crippen molar-refractivity contribution in [2.45, 2.75) is 47.0 Å². The summed E-state index contributed by atoms with van der Waals surface area (Å²) < 4.78 is 4.49. The standard InChI is InChI=1S/C50H40N6.Pt/c1-30-26-31(2)45(32(3)27-30)46-47(33-14-8-7-9-15-33)53-54-48(46)40-23-22-39-37-17-11-12-18-41(37)55(49(39)52-40)35-20-21-38-36-16-10-13-19-42(36)56(43(38)29-35)44-28-34(24-25-51-44)50(4,5)6;/h7-28H,1-6H3;/q-2;+2. The molecule has 5 aromatic heterocycles. The molecule has 0 N–H and O–H groups in total. The summed E-state index contributed by atoms with van der Waals surface area (Å²) in [4.78, 5) is 10.4. The molecule has 5 heterocycles. The van der Waals surface area contributed by atoms with E-state index >= 15 is 0 Å². The minimum atomic E-state index is -0.0255. The molecule has 10 aromatic rings. The zero-order chi connectivity index (χ0) is 38.3. The summed E-state index contributed by atoms with van der Waals surface area (Å²) in [5.41, 5.74) is 15.2. The molecule has 10 rings (SSSR count). The van der Waals surface area contributed by atoms with Crippen LogP contribution in [0.15, 0.2) is 134 Å². The van der Waals surface area contributed by atoms with Gasteiger partial charge in [0.2, 0.25) is 0 Å². The van der Waals surface area contributed by atoms with E-state index in [-0.39, 0.29) is 26.5 Å². The van der Waals surface area contributed by atoms with E-state index in [9.17, 15) is 0 Å². The van der Waals surface area contributed by atoms with Gasteiger partial charge in [0.05, 0.1) is 16.9 Å². The van der Waals surface area contributed by atoms with Gasteiger partial charge in [-0.2, -0.15) is 6.07 Å². The van der Waals surface area contributed by atoms with Gasteiger partial charge < -0.3 is 19.3 Å². The molecule has 0 unspecified atom stereocenters.